The molecule has 0 aromatic heterocycles. The van der Waals surface area contributed by atoms with Crippen LogP contribution in [-0.2, 0) is 9.59 Å². The van der Waals surface area contributed by atoms with Crippen LogP contribution in [-0.4, -0.2) is 45.5 Å². The predicted octanol–water partition coefficient (Wildman–Crippen LogP) is 3.42. The summed E-state index contributed by atoms with van der Waals surface area (Å²) < 4.78 is 13.8. The number of unbranched alkanes of at least 4 members (excludes halogenated alkanes) is 2. The topological polar surface area (TPSA) is 94.8 Å². The molecule has 0 aliphatic heterocycles. The number of ketones is 1. The third kappa shape index (κ3) is 7.96. The van der Waals surface area contributed by atoms with E-state index in [1.807, 2.05) is 19.1 Å². The van der Waals surface area contributed by atoms with Crippen LogP contribution in [0.25, 0.3) is 0 Å². The van der Waals surface area contributed by atoms with Gasteiger partial charge in [0.25, 0.3) is 0 Å². The first-order valence-corrected chi connectivity index (χ1v) is 9.76. The lowest BCUT2D eigenvalue weighted by Crippen LogP contribution is -2.24. The molecule has 1 saturated carbocycles. The number of hydrogen-bond acceptors (Lipinski definition) is 4. The second kappa shape index (κ2) is 12.2. The first kappa shape index (κ1) is 22.8. The zero-order valence-corrected chi connectivity index (χ0v) is 15.6. The van der Waals surface area contributed by atoms with Crippen LogP contribution in [0.4, 0.5) is 4.39 Å². The van der Waals surface area contributed by atoms with E-state index in [1.165, 1.54) is 0 Å². The van der Waals surface area contributed by atoms with Crippen LogP contribution in [0.2, 0.25) is 0 Å². The van der Waals surface area contributed by atoms with Crippen LogP contribution in [0.3, 0.4) is 0 Å². The third-order valence-electron chi connectivity index (χ3n) is 5.24. The van der Waals surface area contributed by atoms with E-state index in [2.05, 4.69) is 0 Å². The van der Waals surface area contributed by atoms with Crippen molar-refractivity contribution in [1.82, 2.24) is 0 Å². The largest absolute Gasteiger partial charge is 0.481 e. The molecule has 0 spiro atoms. The van der Waals surface area contributed by atoms with Crippen LogP contribution in [0, 0.1) is 11.8 Å². The van der Waals surface area contributed by atoms with Crippen molar-refractivity contribution in [2.24, 2.45) is 11.8 Å². The molecule has 1 aliphatic rings. The average molecular weight is 372 g/mol. The number of carboxylic acids is 1. The van der Waals surface area contributed by atoms with Crippen LogP contribution >= 0.6 is 0 Å². The maximum Gasteiger partial charge on any atom is 0.303 e. The fraction of sp³-hybridized carbons (Fsp3) is 0.800. The van der Waals surface area contributed by atoms with E-state index >= 15 is 0 Å². The number of aliphatic hydroxyl groups excluding tert-OH is 2. The van der Waals surface area contributed by atoms with Gasteiger partial charge in [0, 0.05) is 12.8 Å². The molecule has 0 radical (unpaired) electrons. The summed E-state index contributed by atoms with van der Waals surface area (Å²) in [5.41, 5.74) is 0. The highest BCUT2D eigenvalue weighted by Gasteiger charge is 2.40. The minimum atomic E-state index is -1.42. The van der Waals surface area contributed by atoms with E-state index in [-0.39, 0.29) is 37.5 Å². The molecule has 1 rings (SSSR count). The lowest BCUT2D eigenvalue weighted by molar-refractivity contribution is -0.137. The standard InChI is InChI=1S/C20H33FO5/c1-2-3-9-16(21)17(22)12-11-15-14(18(23)13-19(15)24)8-6-4-5-7-10-20(25)26/h4,6,14-16,18-19,23-24H,2-3,5,7-13H2,1H3,(H,25,26)/b6-4-/t14-,15?,16?,18+,19-/m1/s1. The predicted molar refractivity (Wildman–Crippen MR) is 97.5 cm³/mol. The van der Waals surface area contributed by atoms with Gasteiger partial charge in [-0.2, -0.15) is 0 Å². The molecule has 0 heterocycles. The van der Waals surface area contributed by atoms with E-state index < -0.39 is 30.1 Å². The molecule has 5 atom stereocenters. The fourth-order valence-corrected chi connectivity index (χ4v) is 3.66. The monoisotopic (exact) mass is 372 g/mol. The number of aliphatic carboxylic acids is 1. The van der Waals surface area contributed by atoms with E-state index in [1.54, 1.807) is 0 Å². The summed E-state index contributed by atoms with van der Waals surface area (Å²) >= 11 is 0. The van der Waals surface area contributed by atoms with Gasteiger partial charge in [0.05, 0.1) is 12.2 Å². The van der Waals surface area contributed by atoms with Crippen molar-refractivity contribution < 1.29 is 29.3 Å². The summed E-state index contributed by atoms with van der Waals surface area (Å²) in [6.45, 7) is 1.95. The molecule has 1 fully saturated rings. The maximum absolute atomic E-state index is 13.8. The highest BCUT2D eigenvalue weighted by molar-refractivity contribution is 5.82. The van der Waals surface area contributed by atoms with Gasteiger partial charge in [0.15, 0.2) is 12.0 Å². The summed E-state index contributed by atoms with van der Waals surface area (Å²) in [7, 11) is 0. The molecule has 0 amide bonds. The SMILES string of the molecule is CCCCC(F)C(=O)CCC1[C@H](O)C[C@H](O)[C@@H]1C/C=C\CCCC(=O)O. The van der Waals surface area contributed by atoms with Crippen molar-refractivity contribution in [1.29, 1.82) is 0 Å². The Morgan fingerprint density at radius 1 is 1.12 bits per heavy atom. The van der Waals surface area contributed by atoms with Gasteiger partial charge in [0.2, 0.25) is 0 Å². The molecule has 26 heavy (non-hydrogen) atoms. The van der Waals surface area contributed by atoms with Crippen LogP contribution in [0.15, 0.2) is 12.2 Å². The average Bonchev–Trinajstić information content (AvgIpc) is 2.86. The number of rotatable bonds is 13. The second-order valence-electron chi connectivity index (χ2n) is 7.31. The number of alkyl halides is 1. The Morgan fingerprint density at radius 3 is 2.46 bits per heavy atom. The quantitative estimate of drug-likeness (QED) is 0.340. The van der Waals surface area contributed by atoms with Gasteiger partial charge in [-0.3, -0.25) is 9.59 Å². The number of aliphatic hydroxyl groups is 2. The normalized spacial score (nSPS) is 27.1. The molecule has 5 nitrogen and oxygen atoms in total. The van der Waals surface area contributed by atoms with Crippen molar-refractivity contribution in [3.8, 4) is 0 Å². The zero-order valence-electron chi connectivity index (χ0n) is 15.6. The van der Waals surface area contributed by atoms with Gasteiger partial charge in [-0.05, 0) is 50.4 Å². The Labute approximate surface area is 155 Å². The Hall–Kier alpha value is -1.27. The van der Waals surface area contributed by atoms with Gasteiger partial charge in [-0.1, -0.05) is 31.9 Å². The lowest BCUT2D eigenvalue weighted by Gasteiger charge is -2.22. The summed E-state index contributed by atoms with van der Waals surface area (Å²) in [6.07, 6.45) is 5.55. The zero-order chi connectivity index (χ0) is 19.5. The number of carboxylic acid groups (broad SMARTS) is 1. The smallest absolute Gasteiger partial charge is 0.303 e. The highest BCUT2D eigenvalue weighted by atomic mass is 19.1. The lowest BCUT2D eigenvalue weighted by atomic mass is 9.86. The number of hydrogen-bond donors (Lipinski definition) is 3. The van der Waals surface area contributed by atoms with E-state index in [9.17, 15) is 24.2 Å². The summed E-state index contributed by atoms with van der Waals surface area (Å²) in [5, 5.41) is 28.9. The van der Waals surface area contributed by atoms with Crippen LogP contribution in [0.1, 0.15) is 71.1 Å². The van der Waals surface area contributed by atoms with E-state index in [0.29, 0.717) is 32.1 Å². The molecule has 1 aliphatic carbocycles. The first-order chi connectivity index (χ1) is 12.4. The van der Waals surface area contributed by atoms with E-state index in [0.717, 1.165) is 6.42 Å². The fourth-order valence-electron chi connectivity index (χ4n) is 3.66. The van der Waals surface area contributed by atoms with Gasteiger partial charge in [-0.25, -0.2) is 4.39 Å². The van der Waals surface area contributed by atoms with Crippen molar-refractivity contribution in [2.75, 3.05) is 0 Å². The molecule has 6 heteroatoms. The minimum absolute atomic E-state index is 0.0954. The summed E-state index contributed by atoms with van der Waals surface area (Å²) in [5.74, 6) is -1.59. The third-order valence-corrected chi connectivity index (χ3v) is 5.24. The summed E-state index contributed by atoms with van der Waals surface area (Å²) in [6, 6.07) is 0. The molecule has 3 N–H and O–H groups in total. The van der Waals surface area contributed by atoms with Gasteiger partial charge in [0.1, 0.15) is 0 Å². The Kier molecular flexibility index (Phi) is 10.7. The van der Waals surface area contributed by atoms with E-state index in [4.69, 9.17) is 5.11 Å². The van der Waals surface area contributed by atoms with Gasteiger partial charge in [-0.15, -0.1) is 0 Å². The van der Waals surface area contributed by atoms with Gasteiger partial charge < -0.3 is 15.3 Å². The maximum atomic E-state index is 13.8. The number of halogens is 1. The van der Waals surface area contributed by atoms with Crippen molar-refractivity contribution in [2.45, 2.75) is 89.5 Å². The molecule has 150 valence electrons. The number of Topliss-reactive ketones (excluding diaryl/α,β-unsaturated/α-hetero) is 1. The van der Waals surface area contributed by atoms with Crippen molar-refractivity contribution in [3.63, 3.8) is 0 Å². The molecule has 0 bridgehead atoms. The Balaban J connectivity index is 2.44. The number of allylic oxidation sites excluding steroid dienone is 2. The molecule has 0 aromatic rings. The number of carbonyl (C=O) groups is 2. The molecule has 0 aromatic carbocycles. The number of carbonyl (C=O) groups excluding carboxylic acids is 1. The van der Waals surface area contributed by atoms with Gasteiger partial charge >= 0.3 is 5.97 Å². The Morgan fingerprint density at radius 2 is 1.81 bits per heavy atom. The Bertz CT molecular complexity index is 465. The second-order valence-corrected chi connectivity index (χ2v) is 7.31. The summed E-state index contributed by atoms with van der Waals surface area (Å²) in [4.78, 5) is 22.4. The molecule has 2 unspecified atom stereocenters. The van der Waals surface area contributed by atoms with Crippen molar-refractivity contribution in [3.05, 3.63) is 12.2 Å². The minimum Gasteiger partial charge on any atom is -0.481 e. The molecule has 0 saturated heterocycles. The van der Waals surface area contributed by atoms with Crippen molar-refractivity contribution >= 4 is 11.8 Å². The van der Waals surface area contributed by atoms with Crippen LogP contribution < -0.4 is 0 Å². The van der Waals surface area contributed by atoms with Crippen LogP contribution in [0.5, 0.6) is 0 Å². The highest BCUT2D eigenvalue weighted by Crippen LogP contribution is 2.38. The first-order valence-electron chi connectivity index (χ1n) is 9.76. The molecular formula is C20H33FO5. The molecular weight excluding hydrogens is 339 g/mol.